The second-order valence-corrected chi connectivity index (χ2v) is 52.2. The van der Waals surface area contributed by atoms with Crippen LogP contribution in [0.4, 0.5) is 0 Å². The van der Waals surface area contributed by atoms with Gasteiger partial charge in [-0.15, -0.1) is 0 Å². The highest BCUT2D eigenvalue weighted by Gasteiger charge is 2.51. The summed E-state index contributed by atoms with van der Waals surface area (Å²) in [7, 11) is -6.02. The highest BCUT2D eigenvalue weighted by Crippen LogP contribution is 2.60. The first-order valence-electron chi connectivity index (χ1n) is 38.8. The molecule has 0 N–H and O–H groups in total. The molecule has 0 saturated heterocycles. The van der Waals surface area contributed by atoms with E-state index in [0.717, 1.165) is 26.2 Å². The second-order valence-electron chi connectivity index (χ2n) is 30.0. The van der Waals surface area contributed by atoms with E-state index >= 15 is 0 Å². The predicted octanol–water partition coefficient (Wildman–Crippen LogP) is 27.5. The van der Waals surface area contributed by atoms with Crippen molar-refractivity contribution < 1.29 is 0 Å². The van der Waals surface area contributed by atoms with Crippen LogP contribution in [0.3, 0.4) is 0 Å². The first-order valence-corrected chi connectivity index (χ1v) is 53.5. The van der Waals surface area contributed by atoms with Crippen molar-refractivity contribution in [1.29, 1.82) is 0 Å². The van der Waals surface area contributed by atoms with E-state index in [9.17, 15) is 0 Å². The fourth-order valence-electron chi connectivity index (χ4n) is 18.6. The van der Waals surface area contributed by atoms with Gasteiger partial charge in [0.1, 0.15) is 8.07 Å². The summed E-state index contributed by atoms with van der Waals surface area (Å²) in [5.74, 6) is 8.39. The molecular formula is C83H126S6Si3. The van der Waals surface area contributed by atoms with Crippen LogP contribution in [0.25, 0.3) is 21.5 Å². The zero-order valence-corrected chi connectivity index (χ0v) is 65.9. The van der Waals surface area contributed by atoms with Crippen molar-refractivity contribution in [3.05, 3.63) is 144 Å². The molecule has 1 aliphatic heterocycles. The van der Waals surface area contributed by atoms with Crippen LogP contribution in [-0.4, -0.2) is 91.2 Å². The first-order chi connectivity index (χ1) is 45.5. The largest absolute Gasteiger partial charge is 0.165 e. The number of thioether (sulfide) groups is 6. The summed E-state index contributed by atoms with van der Waals surface area (Å²) in [4.78, 5) is 0. The van der Waals surface area contributed by atoms with Crippen molar-refractivity contribution in [2.75, 3.05) is 40.8 Å². The number of allylic oxidation sites excluding steroid dienone is 2. The minimum atomic E-state index is -2.63. The van der Waals surface area contributed by atoms with Crippen molar-refractivity contribution in [2.45, 2.75) is 299 Å². The molecule has 4 aromatic rings. The van der Waals surface area contributed by atoms with E-state index in [1.54, 1.807) is 69.9 Å². The number of hydrogen-bond donors (Lipinski definition) is 0. The topological polar surface area (TPSA) is 0 Å². The van der Waals surface area contributed by atoms with Crippen LogP contribution in [0.1, 0.15) is 234 Å². The SMILES string of the molecule is CSCCC[Si](CCCSC1CCCCCC1)(CCCSC1CCCC1)CCC[Si]1(CCC[Si](CCCSC2CCCCC2)(CCCSC2CCCCC2)CCCSC2CCCCC2)C(c2ccccc2)=C(c2ccccc2)C(c2ccccc2)=C1c1ccccc1. The zero-order valence-electron chi connectivity index (χ0n) is 58.0. The van der Waals surface area contributed by atoms with Gasteiger partial charge < -0.3 is 0 Å². The van der Waals surface area contributed by atoms with Gasteiger partial charge in [-0.3, -0.25) is 0 Å². The molecule has 0 aromatic heterocycles. The van der Waals surface area contributed by atoms with Crippen LogP contribution in [0.2, 0.25) is 60.4 Å². The van der Waals surface area contributed by atoms with Gasteiger partial charge in [-0.2, -0.15) is 70.6 Å². The summed E-state index contributed by atoms with van der Waals surface area (Å²) in [5, 5.41) is 8.20. The van der Waals surface area contributed by atoms with Crippen LogP contribution in [0, 0.1) is 0 Å². The summed E-state index contributed by atoms with van der Waals surface area (Å²) in [6.45, 7) is 0. The molecule has 0 bridgehead atoms. The number of hydrogen-bond acceptors (Lipinski definition) is 6. The van der Waals surface area contributed by atoms with Gasteiger partial charge in [0.25, 0.3) is 0 Å². The summed E-state index contributed by atoms with van der Waals surface area (Å²) < 4.78 is 0. The molecule has 1 atom stereocenters. The Balaban J connectivity index is 1.05. The van der Waals surface area contributed by atoms with Gasteiger partial charge in [-0.25, -0.2) is 0 Å². The Morgan fingerprint density at radius 2 is 0.511 bits per heavy atom. The molecule has 9 heteroatoms. The van der Waals surface area contributed by atoms with E-state index < -0.39 is 24.2 Å². The fourth-order valence-corrected chi connectivity index (χ4v) is 44.2. The minimum Gasteiger partial charge on any atom is -0.165 e. The summed E-state index contributed by atoms with van der Waals surface area (Å²) >= 11 is 14.2. The van der Waals surface area contributed by atoms with Gasteiger partial charge in [-0.1, -0.05) is 279 Å². The molecule has 5 fully saturated rings. The van der Waals surface area contributed by atoms with Crippen LogP contribution in [0.15, 0.2) is 121 Å². The smallest absolute Gasteiger partial charge is 0.121 e. The average molecular weight is 1400 g/mol. The molecule has 92 heavy (non-hydrogen) atoms. The molecule has 0 radical (unpaired) electrons. The Morgan fingerprint density at radius 3 is 0.783 bits per heavy atom. The molecule has 1 unspecified atom stereocenters. The third-order valence-corrected chi connectivity index (χ3v) is 48.2. The summed E-state index contributed by atoms with van der Waals surface area (Å²) in [6, 6.07) is 63.9. The standard InChI is InChI=1S/C83H126S6Si3/c1-84-55-29-61-90(63-31-60-89-79-53-27-28-54-79,62-30-56-85-75-45-19-2-3-20-46-75)67-35-69-92(82(73-41-15-6-16-42-73)80(71-37-11-4-12-38-71)81(72-39-13-5-14-40-72)83(92)74-43-17-7-18-44-74)70-36-68-91(64-32-57-86-76-47-21-8-22-48-76,65-33-58-87-77-49-23-9-24-50-77)66-34-59-88-78-51-25-10-26-52-78/h4-7,11-18,37-44,75-79H,2-3,8-10,19-36,45-70H2,1H3. The van der Waals surface area contributed by atoms with Gasteiger partial charge in [0, 0.05) is 26.2 Å². The van der Waals surface area contributed by atoms with E-state index in [4.69, 9.17) is 0 Å². The van der Waals surface area contributed by atoms with Crippen LogP contribution in [0.5, 0.6) is 0 Å². The molecule has 10 rings (SSSR count). The van der Waals surface area contributed by atoms with Gasteiger partial charge in [-0.05, 0) is 199 Å². The second kappa shape index (κ2) is 41.6. The van der Waals surface area contributed by atoms with Gasteiger partial charge in [0.05, 0.1) is 16.1 Å². The normalized spacial score (nSPS) is 20.1. The first kappa shape index (κ1) is 73.8. The Bertz CT molecular complexity index is 2510. The van der Waals surface area contributed by atoms with Crippen molar-refractivity contribution in [3.8, 4) is 0 Å². The fraction of sp³-hybridized carbons (Fsp3) is 0.663. The van der Waals surface area contributed by atoms with Crippen molar-refractivity contribution in [1.82, 2.24) is 0 Å². The van der Waals surface area contributed by atoms with Crippen molar-refractivity contribution >= 4 is 116 Å². The Hall–Kier alpha value is -0.889. The Kier molecular flexibility index (Phi) is 33.4. The van der Waals surface area contributed by atoms with Gasteiger partial charge in [0.15, 0.2) is 0 Å². The predicted molar refractivity (Wildman–Crippen MR) is 437 cm³/mol. The lowest BCUT2D eigenvalue weighted by molar-refractivity contribution is 0.516. The maximum Gasteiger partial charge on any atom is 0.121 e. The van der Waals surface area contributed by atoms with Crippen LogP contribution in [-0.2, 0) is 0 Å². The Labute approximate surface area is 594 Å². The lowest BCUT2D eigenvalue weighted by atomic mass is 9.89. The summed E-state index contributed by atoms with van der Waals surface area (Å²) in [5.41, 5.74) is 9.10. The van der Waals surface area contributed by atoms with E-state index in [1.165, 1.54) is 281 Å². The molecule has 5 aliphatic carbocycles. The molecule has 4 aromatic carbocycles. The molecule has 0 amide bonds. The van der Waals surface area contributed by atoms with E-state index in [1.807, 2.05) is 0 Å². The number of rotatable bonds is 41. The molecule has 6 aliphatic rings. The Morgan fingerprint density at radius 1 is 0.283 bits per heavy atom. The van der Waals surface area contributed by atoms with E-state index in [-0.39, 0.29) is 0 Å². The highest BCUT2D eigenvalue weighted by molar-refractivity contribution is 8.00. The molecular weight excluding hydrogens is 1270 g/mol. The molecule has 0 spiro atoms. The van der Waals surface area contributed by atoms with E-state index in [2.05, 4.69) is 198 Å². The zero-order chi connectivity index (χ0) is 63.0. The average Bonchev–Trinajstić information content (AvgIpc) is 1.52. The third kappa shape index (κ3) is 23.1. The van der Waals surface area contributed by atoms with E-state index in [0.29, 0.717) is 0 Å². The highest BCUT2D eigenvalue weighted by atomic mass is 32.2. The van der Waals surface area contributed by atoms with Gasteiger partial charge in [0.2, 0.25) is 0 Å². The minimum absolute atomic E-state index is 0.910. The molecule has 1 heterocycles. The number of benzene rings is 4. The quantitative estimate of drug-likeness (QED) is 0.0245. The lowest BCUT2D eigenvalue weighted by Crippen LogP contribution is -2.40. The molecule has 0 nitrogen and oxygen atoms in total. The summed E-state index contributed by atoms with van der Waals surface area (Å²) in [6.07, 6.45) is 50.8. The van der Waals surface area contributed by atoms with Gasteiger partial charge >= 0.3 is 0 Å². The molecule has 5 saturated carbocycles. The monoisotopic (exact) mass is 1400 g/mol. The van der Waals surface area contributed by atoms with Crippen LogP contribution < -0.4 is 0 Å². The van der Waals surface area contributed by atoms with Crippen molar-refractivity contribution in [3.63, 3.8) is 0 Å². The van der Waals surface area contributed by atoms with Crippen molar-refractivity contribution in [2.24, 2.45) is 0 Å². The maximum atomic E-state index is 2.59. The molecule has 506 valence electrons. The van der Waals surface area contributed by atoms with Crippen LogP contribution >= 0.6 is 70.6 Å². The lowest BCUT2D eigenvalue weighted by Gasteiger charge is -2.39. The maximum absolute atomic E-state index is 2.63. The third-order valence-electron chi connectivity index (χ3n) is 23.4.